The van der Waals surface area contributed by atoms with E-state index in [1.807, 2.05) is 0 Å². The van der Waals surface area contributed by atoms with Gasteiger partial charge in [0.15, 0.2) is 0 Å². The lowest BCUT2D eigenvalue weighted by Gasteiger charge is -2.41. The third-order valence-electron chi connectivity index (χ3n) is 4.38. The predicted molar refractivity (Wildman–Crippen MR) is 71.6 cm³/mol. The second kappa shape index (κ2) is 7.29. The zero-order valence-corrected chi connectivity index (χ0v) is 11.4. The highest BCUT2D eigenvalue weighted by Crippen LogP contribution is 2.26. The second-order valence-corrected chi connectivity index (χ2v) is 5.31. The van der Waals surface area contributed by atoms with Crippen molar-refractivity contribution in [2.45, 2.75) is 71.4 Å². The van der Waals surface area contributed by atoms with Crippen LogP contribution in [0.2, 0.25) is 0 Å². The first kappa shape index (κ1) is 14.0. The van der Waals surface area contributed by atoms with Gasteiger partial charge in [0.05, 0.1) is 0 Å². The summed E-state index contributed by atoms with van der Waals surface area (Å²) in [5.41, 5.74) is 5.99. The average molecular weight is 226 g/mol. The van der Waals surface area contributed by atoms with Crippen LogP contribution in [0.3, 0.4) is 0 Å². The van der Waals surface area contributed by atoms with E-state index in [1.165, 1.54) is 38.5 Å². The van der Waals surface area contributed by atoms with Crippen LogP contribution in [0.15, 0.2) is 0 Å². The third kappa shape index (κ3) is 3.46. The lowest BCUT2D eigenvalue weighted by molar-refractivity contribution is 0.0822. The maximum atomic E-state index is 5.99. The first-order valence-corrected chi connectivity index (χ1v) is 7.20. The molecule has 1 rings (SSSR count). The number of likely N-dealkylation sites (N-methyl/N-ethyl adjacent to an activating group) is 1. The molecular formula is C14H30N2. The zero-order valence-electron chi connectivity index (χ0n) is 11.4. The molecule has 0 aromatic heterocycles. The van der Waals surface area contributed by atoms with Gasteiger partial charge in [-0.15, -0.1) is 0 Å². The van der Waals surface area contributed by atoms with E-state index >= 15 is 0 Å². The SMILES string of the molecule is CCC(C)C(CN)N(CC)C1CCCCC1. The summed E-state index contributed by atoms with van der Waals surface area (Å²) < 4.78 is 0. The van der Waals surface area contributed by atoms with Crippen LogP contribution in [0.4, 0.5) is 0 Å². The van der Waals surface area contributed by atoms with Crippen molar-refractivity contribution in [1.82, 2.24) is 4.90 Å². The average Bonchev–Trinajstić information content (AvgIpc) is 2.36. The van der Waals surface area contributed by atoms with Crippen molar-refractivity contribution in [2.75, 3.05) is 13.1 Å². The quantitative estimate of drug-likeness (QED) is 0.754. The van der Waals surface area contributed by atoms with E-state index in [4.69, 9.17) is 5.73 Å². The summed E-state index contributed by atoms with van der Waals surface area (Å²) in [4.78, 5) is 2.69. The highest BCUT2D eigenvalue weighted by molar-refractivity contribution is 4.84. The molecule has 2 N–H and O–H groups in total. The molecule has 16 heavy (non-hydrogen) atoms. The second-order valence-electron chi connectivity index (χ2n) is 5.31. The van der Waals surface area contributed by atoms with Gasteiger partial charge in [-0.05, 0) is 25.3 Å². The third-order valence-corrected chi connectivity index (χ3v) is 4.38. The first-order valence-electron chi connectivity index (χ1n) is 7.20. The smallest absolute Gasteiger partial charge is 0.0246 e. The maximum absolute atomic E-state index is 5.99. The first-order chi connectivity index (χ1) is 7.74. The Kier molecular flexibility index (Phi) is 6.37. The molecule has 0 heterocycles. The van der Waals surface area contributed by atoms with E-state index < -0.39 is 0 Å². The van der Waals surface area contributed by atoms with E-state index in [9.17, 15) is 0 Å². The van der Waals surface area contributed by atoms with Crippen molar-refractivity contribution < 1.29 is 0 Å². The molecule has 0 bridgehead atoms. The standard InChI is InChI=1S/C14H30N2/c1-4-12(3)14(11-15)16(5-2)13-9-7-6-8-10-13/h12-14H,4-11,15H2,1-3H3. The number of nitrogens with zero attached hydrogens (tertiary/aromatic N) is 1. The van der Waals surface area contributed by atoms with Crippen LogP contribution >= 0.6 is 0 Å². The van der Waals surface area contributed by atoms with E-state index in [0.717, 1.165) is 25.0 Å². The molecule has 1 aliphatic rings. The Balaban J connectivity index is 2.61. The molecule has 1 fully saturated rings. The summed E-state index contributed by atoms with van der Waals surface area (Å²) >= 11 is 0. The lowest BCUT2D eigenvalue weighted by Crippen LogP contribution is -2.50. The Morgan fingerprint density at radius 3 is 2.25 bits per heavy atom. The minimum absolute atomic E-state index is 0.595. The molecule has 2 unspecified atom stereocenters. The summed E-state index contributed by atoms with van der Waals surface area (Å²) in [5.74, 6) is 0.729. The number of nitrogens with two attached hydrogens (primary N) is 1. The van der Waals surface area contributed by atoms with Gasteiger partial charge in [0.2, 0.25) is 0 Å². The van der Waals surface area contributed by atoms with Crippen molar-refractivity contribution in [3.63, 3.8) is 0 Å². The highest BCUT2D eigenvalue weighted by atomic mass is 15.2. The van der Waals surface area contributed by atoms with Crippen molar-refractivity contribution in [3.05, 3.63) is 0 Å². The fourth-order valence-corrected chi connectivity index (χ4v) is 3.14. The Morgan fingerprint density at radius 2 is 1.81 bits per heavy atom. The van der Waals surface area contributed by atoms with Crippen LogP contribution in [0.1, 0.15) is 59.3 Å². The molecule has 96 valence electrons. The van der Waals surface area contributed by atoms with Gasteiger partial charge in [-0.25, -0.2) is 0 Å². The molecule has 0 aromatic rings. The van der Waals surface area contributed by atoms with Gasteiger partial charge in [-0.3, -0.25) is 4.90 Å². The summed E-state index contributed by atoms with van der Waals surface area (Å²) in [6.45, 7) is 8.90. The van der Waals surface area contributed by atoms with Crippen LogP contribution in [-0.4, -0.2) is 30.1 Å². The van der Waals surface area contributed by atoms with E-state index in [2.05, 4.69) is 25.7 Å². The lowest BCUT2D eigenvalue weighted by atomic mass is 9.90. The molecule has 0 saturated heterocycles. The van der Waals surface area contributed by atoms with E-state index in [1.54, 1.807) is 0 Å². The Morgan fingerprint density at radius 1 is 1.19 bits per heavy atom. The van der Waals surface area contributed by atoms with Crippen molar-refractivity contribution in [1.29, 1.82) is 0 Å². The molecule has 0 aromatic carbocycles. The molecule has 0 amide bonds. The number of hydrogen-bond acceptors (Lipinski definition) is 2. The fraction of sp³-hybridized carbons (Fsp3) is 1.00. The van der Waals surface area contributed by atoms with Gasteiger partial charge in [-0.2, -0.15) is 0 Å². The Hall–Kier alpha value is -0.0800. The van der Waals surface area contributed by atoms with Crippen molar-refractivity contribution in [3.8, 4) is 0 Å². The number of rotatable bonds is 6. The molecule has 0 spiro atoms. The molecule has 2 nitrogen and oxygen atoms in total. The molecule has 0 radical (unpaired) electrons. The van der Waals surface area contributed by atoms with Crippen molar-refractivity contribution in [2.24, 2.45) is 11.7 Å². The topological polar surface area (TPSA) is 29.3 Å². The molecular weight excluding hydrogens is 196 g/mol. The van der Waals surface area contributed by atoms with Gasteiger partial charge in [0, 0.05) is 18.6 Å². The predicted octanol–water partition coefficient (Wildman–Crippen LogP) is 3.01. The van der Waals surface area contributed by atoms with E-state index in [0.29, 0.717) is 6.04 Å². The Labute approximate surface area is 102 Å². The molecule has 2 heteroatoms. The molecule has 1 saturated carbocycles. The zero-order chi connectivity index (χ0) is 12.0. The van der Waals surface area contributed by atoms with Crippen molar-refractivity contribution >= 4 is 0 Å². The summed E-state index contributed by atoms with van der Waals surface area (Å²) in [7, 11) is 0. The molecule has 2 atom stereocenters. The van der Waals surface area contributed by atoms with Crippen LogP contribution in [-0.2, 0) is 0 Å². The van der Waals surface area contributed by atoms with Crippen LogP contribution in [0.5, 0.6) is 0 Å². The van der Waals surface area contributed by atoms with E-state index in [-0.39, 0.29) is 0 Å². The minimum atomic E-state index is 0.595. The summed E-state index contributed by atoms with van der Waals surface area (Å²) in [5, 5.41) is 0. The van der Waals surface area contributed by atoms with Gasteiger partial charge < -0.3 is 5.73 Å². The largest absolute Gasteiger partial charge is 0.329 e. The van der Waals surface area contributed by atoms with Gasteiger partial charge >= 0.3 is 0 Å². The van der Waals surface area contributed by atoms with Gasteiger partial charge in [0.1, 0.15) is 0 Å². The van der Waals surface area contributed by atoms with Crippen LogP contribution < -0.4 is 5.73 Å². The van der Waals surface area contributed by atoms with Crippen LogP contribution in [0, 0.1) is 5.92 Å². The normalized spacial score (nSPS) is 22.3. The fourth-order valence-electron chi connectivity index (χ4n) is 3.14. The Bertz CT molecular complexity index is 176. The highest BCUT2D eigenvalue weighted by Gasteiger charge is 2.28. The maximum Gasteiger partial charge on any atom is 0.0246 e. The van der Waals surface area contributed by atoms with Gasteiger partial charge in [-0.1, -0.05) is 46.5 Å². The summed E-state index contributed by atoms with van der Waals surface area (Å²) in [6, 6.07) is 1.40. The monoisotopic (exact) mass is 226 g/mol. The molecule has 1 aliphatic carbocycles. The summed E-state index contributed by atoms with van der Waals surface area (Å²) in [6.07, 6.45) is 8.29. The minimum Gasteiger partial charge on any atom is -0.329 e. The molecule has 0 aliphatic heterocycles. The number of hydrogen-bond donors (Lipinski definition) is 1. The van der Waals surface area contributed by atoms with Gasteiger partial charge in [0.25, 0.3) is 0 Å². The van der Waals surface area contributed by atoms with Crippen LogP contribution in [0.25, 0.3) is 0 Å².